The second kappa shape index (κ2) is 10.5. The third kappa shape index (κ3) is 5.45. The van der Waals surface area contributed by atoms with Gasteiger partial charge in [0.1, 0.15) is 5.69 Å². The summed E-state index contributed by atoms with van der Waals surface area (Å²) in [5.41, 5.74) is 1.08. The number of sulfonamides is 1. The van der Waals surface area contributed by atoms with Gasteiger partial charge in [0.2, 0.25) is 10.0 Å². The molecule has 0 aliphatic heterocycles. The van der Waals surface area contributed by atoms with E-state index in [1.54, 1.807) is 40.0 Å². The number of nitro groups is 1. The van der Waals surface area contributed by atoms with Gasteiger partial charge in [-0.3, -0.25) is 10.1 Å². The highest BCUT2D eigenvalue weighted by molar-refractivity contribution is 7.89. The number of ether oxygens (including phenoxy) is 2. The van der Waals surface area contributed by atoms with Crippen molar-refractivity contribution in [1.82, 2.24) is 4.31 Å². The zero-order chi connectivity index (χ0) is 23.2. The standard InChI is InChI=1S/C21H29N3O6S/c1-6-23(7-2)31(27,28)17-9-10-18(19(15-17)24(25)26)22(3)13-12-16-8-11-20(29-4)21(14-16)30-5/h8-11,14-15H,6-7,12-13H2,1-5H3. The number of hydrogen-bond acceptors (Lipinski definition) is 7. The van der Waals surface area contributed by atoms with Crippen molar-refractivity contribution < 1.29 is 22.8 Å². The Kier molecular flexibility index (Phi) is 8.23. The number of anilines is 1. The molecule has 0 spiro atoms. The van der Waals surface area contributed by atoms with Crippen LogP contribution in [0.1, 0.15) is 19.4 Å². The van der Waals surface area contributed by atoms with Crippen LogP contribution in [-0.2, 0) is 16.4 Å². The number of nitrogens with zero attached hydrogens (tertiary/aromatic N) is 3. The first-order valence-electron chi connectivity index (χ1n) is 9.90. The summed E-state index contributed by atoms with van der Waals surface area (Å²) in [5, 5.41) is 11.7. The molecule has 31 heavy (non-hydrogen) atoms. The zero-order valence-corrected chi connectivity index (χ0v) is 19.3. The fourth-order valence-corrected chi connectivity index (χ4v) is 4.78. The van der Waals surface area contributed by atoms with Gasteiger partial charge >= 0.3 is 0 Å². The van der Waals surface area contributed by atoms with E-state index in [1.807, 2.05) is 18.2 Å². The molecular formula is C21H29N3O6S. The summed E-state index contributed by atoms with van der Waals surface area (Å²) in [6.45, 7) is 4.52. The molecule has 0 aliphatic carbocycles. The highest BCUT2D eigenvalue weighted by Crippen LogP contribution is 2.32. The summed E-state index contributed by atoms with van der Waals surface area (Å²) in [5.74, 6) is 1.24. The summed E-state index contributed by atoms with van der Waals surface area (Å²) < 4.78 is 37.3. The van der Waals surface area contributed by atoms with E-state index in [4.69, 9.17) is 9.47 Å². The summed E-state index contributed by atoms with van der Waals surface area (Å²) in [4.78, 5) is 12.8. The molecule has 0 fully saturated rings. The minimum Gasteiger partial charge on any atom is -0.493 e. The van der Waals surface area contributed by atoms with Crippen molar-refractivity contribution in [3.63, 3.8) is 0 Å². The van der Waals surface area contributed by atoms with Gasteiger partial charge in [-0.25, -0.2) is 8.42 Å². The zero-order valence-electron chi connectivity index (χ0n) is 18.5. The molecule has 2 aromatic rings. The molecule has 10 heteroatoms. The van der Waals surface area contributed by atoms with Crippen molar-refractivity contribution >= 4 is 21.4 Å². The van der Waals surface area contributed by atoms with E-state index in [0.717, 1.165) is 11.6 Å². The predicted molar refractivity (Wildman–Crippen MR) is 120 cm³/mol. The first kappa shape index (κ1) is 24.4. The van der Waals surface area contributed by atoms with E-state index in [9.17, 15) is 18.5 Å². The highest BCUT2D eigenvalue weighted by atomic mass is 32.2. The first-order chi connectivity index (χ1) is 14.7. The molecule has 2 rings (SSSR count). The maximum Gasteiger partial charge on any atom is 0.293 e. The SMILES string of the molecule is CCN(CC)S(=O)(=O)c1ccc(N(C)CCc2ccc(OC)c(OC)c2)c([N+](=O)[O-])c1. The molecule has 0 aromatic heterocycles. The normalized spacial score (nSPS) is 11.4. The van der Waals surface area contributed by atoms with Crippen molar-refractivity contribution in [2.45, 2.75) is 25.2 Å². The Morgan fingerprint density at radius 1 is 1.00 bits per heavy atom. The Hall–Kier alpha value is -2.85. The summed E-state index contributed by atoms with van der Waals surface area (Å²) >= 11 is 0. The number of likely N-dealkylation sites (N-methyl/N-ethyl adjacent to an activating group) is 1. The number of nitro benzene ring substituents is 1. The van der Waals surface area contributed by atoms with E-state index in [1.165, 1.54) is 16.4 Å². The van der Waals surface area contributed by atoms with Crippen molar-refractivity contribution in [2.75, 3.05) is 45.8 Å². The molecule has 0 heterocycles. The van der Waals surface area contributed by atoms with Gasteiger partial charge < -0.3 is 14.4 Å². The van der Waals surface area contributed by atoms with Crippen LogP contribution in [0.4, 0.5) is 11.4 Å². The molecule has 0 amide bonds. The minimum atomic E-state index is -3.78. The monoisotopic (exact) mass is 451 g/mol. The molecule has 0 N–H and O–H groups in total. The Bertz CT molecular complexity index is 1020. The molecule has 0 saturated carbocycles. The minimum absolute atomic E-state index is 0.0834. The third-order valence-electron chi connectivity index (χ3n) is 5.08. The second-order valence-corrected chi connectivity index (χ2v) is 8.80. The fourth-order valence-electron chi connectivity index (χ4n) is 3.30. The average molecular weight is 452 g/mol. The molecule has 0 atom stereocenters. The molecule has 0 radical (unpaired) electrons. The lowest BCUT2D eigenvalue weighted by atomic mass is 10.1. The van der Waals surface area contributed by atoms with E-state index in [0.29, 0.717) is 43.2 Å². The molecule has 0 saturated heterocycles. The van der Waals surface area contributed by atoms with E-state index in [2.05, 4.69) is 0 Å². The quantitative estimate of drug-likeness (QED) is 0.381. The lowest BCUT2D eigenvalue weighted by molar-refractivity contribution is -0.384. The molecule has 9 nitrogen and oxygen atoms in total. The average Bonchev–Trinajstić information content (AvgIpc) is 2.77. The highest BCUT2D eigenvalue weighted by Gasteiger charge is 2.26. The van der Waals surface area contributed by atoms with Gasteiger partial charge in [0, 0.05) is 32.7 Å². The molecule has 170 valence electrons. The molecule has 0 aliphatic rings. The summed E-state index contributed by atoms with van der Waals surface area (Å²) in [6, 6.07) is 9.62. The molecule has 0 unspecified atom stereocenters. The van der Waals surface area contributed by atoms with Gasteiger partial charge in [-0.1, -0.05) is 19.9 Å². The van der Waals surface area contributed by atoms with Gasteiger partial charge in [-0.2, -0.15) is 4.31 Å². The fraction of sp³-hybridized carbons (Fsp3) is 0.429. The van der Waals surface area contributed by atoms with Gasteiger partial charge in [-0.05, 0) is 36.2 Å². The largest absolute Gasteiger partial charge is 0.493 e. The molecular weight excluding hydrogens is 422 g/mol. The molecule has 0 bridgehead atoms. The Morgan fingerprint density at radius 3 is 2.19 bits per heavy atom. The van der Waals surface area contributed by atoms with Crippen LogP contribution >= 0.6 is 0 Å². The van der Waals surface area contributed by atoms with Crippen molar-refractivity contribution in [3.05, 3.63) is 52.1 Å². The van der Waals surface area contributed by atoms with E-state index < -0.39 is 14.9 Å². The second-order valence-electron chi connectivity index (χ2n) is 6.86. The smallest absolute Gasteiger partial charge is 0.293 e. The van der Waals surface area contributed by atoms with Gasteiger partial charge in [0.25, 0.3) is 5.69 Å². The van der Waals surface area contributed by atoms with Gasteiger partial charge in [0.15, 0.2) is 11.5 Å². The van der Waals surface area contributed by atoms with Crippen LogP contribution in [-0.4, -0.2) is 58.5 Å². The number of hydrogen-bond donors (Lipinski definition) is 0. The lowest BCUT2D eigenvalue weighted by Crippen LogP contribution is -2.30. The van der Waals surface area contributed by atoms with E-state index >= 15 is 0 Å². The number of rotatable bonds is 11. The van der Waals surface area contributed by atoms with Crippen LogP contribution in [0, 0.1) is 10.1 Å². The third-order valence-corrected chi connectivity index (χ3v) is 7.13. The molecule has 2 aromatic carbocycles. The Labute approximate surface area is 183 Å². The maximum atomic E-state index is 12.7. The Balaban J connectivity index is 2.28. The topological polar surface area (TPSA) is 102 Å². The van der Waals surface area contributed by atoms with Crippen LogP contribution in [0.2, 0.25) is 0 Å². The first-order valence-corrected chi connectivity index (χ1v) is 11.3. The maximum absolute atomic E-state index is 12.7. The Morgan fingerprint density at radius 2 is 1.65 bits per heavy atom. The predicted octanol–water partition coefficient (Wildman–Crippen LogP) is 3.32. The summed E-state index contributed by atoms with van der Waals surface area (Å²) in [6.07, 6.45) is 0.605. The van der Waals surface area contributed by atoms with Crippen LogP contribution < -0.4 is 14.4 Å². The van der Waals surface area contributed by atoms with Gasteiger partial charge in [0.05, 0.1) is 24.0 Å². The van der Waals surface area contributed by atoms with Crippen LogP contribution in [0.3, 0.4) is 0 Å². The lowest BCUT2D eigenvalue weighted by Gasteiger charge is -2.21. The van der Waals surface area contributed by atoms with Crippen molar-refractivity contribution in [1.29, 1.82) is 0 Å². The number of benzene rings is 2. The number of methoxy groups -OCH3 is 2. The van der Waals surface area contributed by atoms with E-state index in [-0.39, 0.29) is 10.6 Å². The summed E-state index contributed by atoms with van der Waals surface area (Å²) in [7, 11) is 1.08. The van der Waals surface area contributed by atoms with Gasteiger partial charge in [-0.15, -0.1) is 0 Å². The van der Waals surface area contributed by atoms with Crippen LogP contribution in [0.15, 0.2) is 41.3 Å². The van der Waals surface area contributed by atoms with Crippen molar-refractivity contribution in [3.8, 4) is 11.5 Å². The van der Waals surface area contributed by atoms with Crippen molar-refractivity contribution in [2.24, 2.45) is 0 Å². The van der Waals surface area contributed by atoms with Crippen LogP contribution in [0.5, 0.6) is 11.5 Å². The van der Waals surface area contributed by atoms with Crippen LogP contribution in [0.25, 0.3) is 0 Å².